The number of alkyl halides is 2. The van der Waals surface area contributed by atoms with E-state index in [1.807, 2.05) is 0 Å². The Bertz CT molecular complexity index is 573. The fourth-order valence-electron chi connectivity index (χ4n) is 3.81. The molecule has 3 atom stereocenters. The molecule has 1 aromatic carbocycles. The molecule has 1 aromatic rings. The SMILES string of the molecule is C[C@@H]1CN[C@@H](C)CN1C(c1ccc(Cl)cc1F)C1CC(F)(F)C1. The fourth-order valence-corrected chi connectivity index (χ4v) is 3.97. The number of halogens is 4. The van der Waals surface area contributed by atoms with Gasteiger partial charge in [-0.25, -0.2) is 13.2 Å². The highest BCUT2D eigenvalue weighted by Gasteiger charge is 2.51. The molecule has 1 unspecified atom stereocenters. The van der Waals surface area contributed by atoms with Gasteiger partial charge in [-0.15, -0.1) is 0 Å². The monoisotopic (exact) mass is 346 g/mol. The summed E-state index contributed by atoms with van der Waals surface area (Å²) >= 11 is 5.85. The lowest BCUT2D eigenvalue weighted by Crippen LogP contribution is -2.58. The van der Waals surface area contributed by atoms with Crippen LogP contribution in [0.2, 0.25) is 5.02 Å². The third-order valence-electron chi connectivity index (χ3n) is 5.02. The highest BCUT2D eigenvalue weighted by Crippen LogP contribution is 2.51. The second kappa shape index (κ2) is 6.26. The molecule has 23 heavy (non-hydrogen) atoms. The molecule has 0 amide bonds. The second-order valence-electron chi connectivity index (χ2n) is 6.99. The number of piperazine rings is 1. The van der Waals surface area contributed by atoms with Gasteiger partial charge in [-0.05, 0) is 31.9 Å². The Hall–Kier alpha value is -0.780. The molecule has 3 rings (SSSR count). The molecule has 1 aliphatic heterocycles. The van der Waals surface area contributed by atoms with Crippen molar-refractivity contribution in [1.29, 1.82) is 0 Å². The predicted octanol–water partition coefficient (Wildman–Crippen LogP) is 4.25. The van der Waals surface area contributed by atoms with E-state index in [9.17, 15) is 13.2 Å². The third-order valence-corrected chi connectivity index (χ3v) is 5.25. The third kappa shape index (κ3) is 3.52. The van der Waals surface area contributed by atoms with Crippen molar-refractivity contribution in [3.05, 3.63) is 34.6 Å². The van der Waals surface area contributed by atoms with Crippen LogP contribution < -0.4 is 5.32 Å². The standard InChI is InChI=1S/C17H22ClF3N2/c1-10-9-23(11(2)8-22-10)16(12-6-17(20,21)7-12)14-4-3-13(18)5-15(14)19/h3-5,10-12,16,22H,6-9H2,1-2H3/t10-,11+,16?/m0/s1. The summed E-state index contributed by atoms with van der Waals surface area (Å²) in [6.45, 7) is 5.60. The highest BCUT2D eigenvalue weighted by atomic mass is 35.5. The van der Waals surface area contributed by atoms with E-state index >= 15 is 0 Å². The number of hydrogen-bond donors (Lipinski definition) is 1. The largest absolute Gasteiger partial charge is 0.311 e. The van der Waals surface area contributed by atoms with Crippen molar-refractivity contribution < 1.29 is 13.2 Å². The molecule has 0 spiro atoms. The Kier molecular flexibility index (Phi) is 4.64. The first-order valence-corrected chi connectivity index (χ1v) is 8.46. The summed E-state index contributed by atoms with van der Waals surface area (Å²) in [7, 11) is 0. The molecular formula is C17H22ClF3N2. The molecule has 0 radical (unpaired) electrons. The van der Waals surface area contributed by atoms with Gasteiger partial charge in [-0.2, -0.15) is 0 Å². The minimum atomic E-state index is -2.62. The van der Waals surface area contributed by atoms with E-state index in [0.717, 1.165) is 13.1 Å². The first-order valence-electron chi connectivity index (χ1n) is 8.09. The fraction of sp³-hybridized carbons (Fsp3) is 0.647. The van der Waals surface area contributed by atoms with E-state index in [1.54, 1.807) is 12.1 Å². The van der Waals surface area contributed by atoms with Gasteiger partial charge in [-0.1, -0.05) is 17.7 Å². The van der Waals surface area contributed by atoms with Crippen LogP contribution in [0.15, 0.2) is 18.2 Å². The van der Waals surface area contributed by atoms with Gasteiger partial charge in [0.15, 0.2) is 0 Å². The average Bonchev–Trinajstić information content (AvgIpc) is 2.43. The van der Waals surface area contributed by atoms with Crippen LogP contribution in [0.25, 0.3) is 0 Å². The van der Waals surface area contributed by atoms with Gasteiger partial charge in [0.2, 0.25) is 5.92 Å². The first-order chi connectivity index (χ1) is 10.8. The van der Waals surface area contributed by atoms with Crippen LogP contribution in [0.3, 0.4) is 0 Å². The van der Waals surface area contributed by atoms with E-state index in [1.165, 1.54) is 6.07 Å². The lowest BCUT2D eigenvalue weighted by Gasteiger charge is -2.49. The smallest absolute Gasteiger partial charge is 0.248 e. The maximum Gasteiger partial charge on any atom is 0.248 e. The van der Waals surface area contributed by atoms with Crippen molar-refractivity contribution in [3.63, 3.8) is 0 Å². The maximum atomic E-state index is 14.5. The number of rotatable bonds is 3. The summed E-state index contributed by atoms with van der Waals surface area (Å²) in [6, 6.07) is 4.66. The molecule has 1 aliphatic carbocycles. The van der Waals surface area contributed by atoms with Gasteiger partial charge >= 0.3 is 0 Å². The summed E-state index contributed by atoms with van der Waals surface area (Å²) < 4.78 is 41.3. The summed E-state index contributed by atoms with van der Waals surface area (Å²) in [5.41, 5.74) is 0.482. The Morgan fingerprint density at radius 3 is 2.61 bits per heavy atom. The predicted molar refractivity (Wildman–Crippen MR) is 85.5 cm³/mol. The Morgan fingerprint density at radius 2 is 2.00 bits per heavy atom. The molecular weight excluding hydrogens is 325 g/mol. The Morgan fingerprint density at radius 1 is 1.30 bits per heavy atom. The first kappa shape index (κ1) is 17.1. The molecule has 1 heterocycles. The molecule has 6 heteroatoms. The normalized spacial score (nSPS) is 30.0. The van der Waals surface area contributed by atoms with E-state index in [-0.39, 0.29) is 36.9 Å². The van der Waals surface area contributed by atoms with Crippen molar-refractivity contribution in [1.82, 2.24) is 10.2 Å². The van der Waals surface area contributed by atoms with Gasteiger partial charge in [0.25, 0.3) is 0 Å². The number of nitrogens with one attached hydrogen (secondary N) is 1. The van der Waals surface area contributed by atoms with Crippen molar-refractivity contribution in [2.24, 2.45) is 5.92 Å². The van der Waals surface area contributed by atoms with Gasteiger partial charge < -0.3 is 5.32 Å². The topological polar surface area (TPSA) is 15.3 Å². The van der Waals surface area contributed by atoms with Crippen LogP contribution >= 0.6 is 11.6 Å². The lowest BCUT2D eigenvalue weighted by atomic mass is 9.73. The van der Waals surface area contributed by atoms with E-state index in [2.05, 4.69) is 24.1 Å². The summed E-state index contributed by atoms with van der Waals surface area (Å²) in [4.78, 5) is 2.17. The maximum absolute atomic E-state index is 14.5. The quantitative estimate of drug-likeness (QED) is 0.880. The van der Waals surface area contributed by atoms with Gasteiger partial charge in [0.1, 0.15) is 5.82 Å². The van der Waals surface area contributed by atoms with Gasteiger partial charge in [0.05, 0.1) is 0 Å². The molecule has 2 fully saturated rings. The molecule has 0 bridgehead atoms. The minimum absolute atomic E-state index is 0.167. The lowest BCUT2D eigenvalue weighted by molar-refractivity contribution is -0.138. The van der Waals surface area contributed by atoms with Crippen molar-refractivity contribution in [3.8, 4) is 0 Å². The van der Waals surface area contributed by atoms with Crippen LogP contribution in [0.5, 0.6) is 0 Å². The number of hydrogen-bond acceptors (Lipinski definition) is 2. The molecule has 2 nitrogen and oxygen atoms in total. The summed E-state index contributed by atoms with van der Waals surface area (Å²) in [6.07, 6.45) is -0.352. The Balaban J connectivity index is 1.93. The van der Waals surface area contributed by atoms with Crippen molar-refractivity contribution in [2.45, 2.75) is 50.7 Å². The summed E-state index contributed by atoms with van der Waals surface area (Å²) in [5, 5.41) is 3.70. The van der Waals surface area contributed by atoms with E-state index in [0.29, 0.717) is 10.6 Å². The van der Waals surface area contributed by atoms with Crippen LogP contribution in [0, 0.1) is 11.7 Å². The molecule has 128 valence electrons. The van der Waals surface area contributed by atoms with Crippen molar-refractivity contribution in [2.75, 3.05) is 13.1 Å². The molecule has 2 aliphatic rings. The number of benzene rings is 1. The molecule has 0 aromatic heterocycles. The minimum Gasteiger partial charge on any atom is -0.311 e. The van der Waals surface area contributed by atoms with Crippen molar-refractivity contribution >= 4 is 11.6 Å². The second-order valence-corrected chi connectivity index (χ2v) is 7.43. The molecule has 1 saturated heterocycles. The zero-order valence-corrected chi connectivity index (χ0v) is 14.1. The van der Waals surface area contributed by atoms with Crippen LogP contribution in [0.4, 0.5) is 13.2 Å². The summed E-state index contributed by atoms with van der Waals surface area (Å²) in [5.74, 6) is -3.25. The van der Waals surface area contributed by atoms with Gasteiger partial charge in [-0.3, -0.25) is 4.90 Å². The molecule has 1 N–H and O–H groups in total. The Labute approximate surface area is 140 Å². The highest BCUT2D eigenvalue weighted by molar-refractivity contribution is 6.30. The van der Waals surface area contributed by atoms with Crippen LogP contribution in [-0.2, 0) is 0 Å². The van der Waals surface area contributed by atoms with E-state index in [4.69, 9.17) is 11.6 Å². The average molecular weight is 347 g/mol. The molecule has 1 saturated carbocycles. The van der Waals surface area contributed by atoms with Crippen LogP contribution in [0.1, 0.15) is 38.3 Å². The zero-order chi connectivity index (χ0) is 16.8. The van der Waals surface area contributed by atoms with Crippen LogP contribution in [-0.4, -0.2) is 36.0 Å². The zero-order valence-electron chi connectivity index (χ0n) is 13.3. The van der Waals surface area contributed by atoms with Gasteiger partial charge in [0, 0.05) is 54.6 Å². The number of nitrogens with zero attached hydrogens (tertiary/aromatic N) is 1. The van der Waals surface area contributed by atoms with E-state index < -0.39 is 11.7 Å².